The van der Waals surface area contributed by atoms with E-state index in [0.29, 0.717) is 5.92 Å². The first-order valence-electron chi connectivity index (χ1n) is 5.40. The summed E-state index contributed by atoms with van der Waals surface area (Å²) in [6.45, 7) is 1.81. The van der Waals surface area contributed by atoms with E-state index in [1.807, 2.05) is 25.2 Å². The van der Waals surface area contributed by atoms with Crippen molar-refractivity contribution in [2.24, 2.45) is 0 Å². The van der Waals surface area contributed by atoms with Gasteiger partial charge >= 0.3 is 0 Å². The molecular weight excluding hydrogens is 188 g/mol. The zero-order valence-corrected chi connectivity index (χ0v) is 9.36. The molecule has 0 aliphatic carbocycles. The van der Waals surface area contributed by atoms with Crippen molar-refractivity contribution < 1.29 is 4.74 Å². The van der Waals surface area contributed by atoms with Crippen molar-refractivity contribution in [3.63, 3.8) is 0 Å². The normalized spacial score (nSPS) is 19.8. The lowest BCUT2D eigenvalue weighted by atomic mass is 9.93. The number of rotatable bonds is 3. The fourth-order valence-corrected chi connectivity index (χ4v) is 1.92. The van der Waals surface area contributed by atoms with Gasteiger partial charge in [-0.25, -0.2) is 0 Å². The molecule has 3 heteroatoms. The maximum Gasteiger partial charge on any atom is 0.122 e. The second kappa shape index (κ2) is 4.64. The fraction of sp³-hybridized carbons (Fsp3) is 0.500. The van der Waals surface area contributed by atoms with Crippen LogP contribution in [0.5, 0.6) is 5.75 Å². The molecule has 2 rings (SSSR count). The molecule has 0 bridgehead atoms. The van der Waals surface area contributed by atoms with Gasteiger partial charge in [0.2, 0.25) is 0 Å². The van der Waals surface area contributed by atoms with Crippen LogP contribution >= 0.6 is 0 Å². The first kappa shape index (κ1) is 10.5. The van der Waals surface area contributed by atoms with Gasteiger partial charge in [0.15, 0.2) is 0 Å². The SMILES string of the molecule is CN(C)NCC1CCOc2ccccc21. The summed E-state index contributed by atoms with van der Waals surface area (Å²) < 4.78 is 5.62. The smallest absolute Gasteiger partial charge is 0.122 e. The van der Waals surface area contributed by atoms with Crippen molar-refractivity contribution in [2.45, 2.75) is 12.3 Å². The van der Waals surface area contributed by atoms with Gasteiger partial charge in [-0.15, -0.1) is 0 Å². The third-order valence-electron chi connectivity index (χ3n) is 2.74. The van der Waals surface area contributed by atoms with Crippen LogP contribution < -0.4 is 10.2 Å². The van der Waals surface area contributed by atoms with E-state index in [1.165, 1.54) is 5.56 Å². The predicted octanol–water partition coefficient (Wildman–Crippen LogP) is 1.62. The fourth-order valence-electron chi connectivity index (χ4n) is 1.92. The Morgan fingerprint density at radius 1 is 1.40 bits per heavy atom. The van der Waals surface area contributed by atoms with Gasteiger partial charge in [-0.05, 0) is 18.1 Å². The lowest BCUT2D eigenvalue weighted by Crippen LogP contribution is -2.35. The highest BCUT2D eigenvalue weighted by molar-refractivity contribution is 5.37. The Balaban J connectivity index is 2.08. The number of hydrogen-bond donors (Lipinski definition) is 1. The predicted molar refractivity (Wildman–Crippen MR) is 61.0 cm³/mol. The molecule has 0 radical (unpaired) electrons. The van der Waals surface area contributed by atoms with E-state index < -0.39 is 0 Å². The van der Waals surface area contributed by atoms with Gasteiger partial charge in [-0.3, -0.25) is 10.4 Å². The average Bonchev–Trinajstić information content (AvgIpc) is 2.26. The zero-order valence-electron chi connectivity index (χ0n) is 9.36. The largest absolute Gasteiger partial charge is 0.493 e. The third kappa shape index (κ3) is 2.49. The van der Waals surface area contributed by atoms with Gasteiger partial charge in [0, 0.05) is 26.6 Å². The van der Waals surface area contributed by atoms with E-state index in [4.69, 9.17) is 4.74 Å². The average molecular weight is 206 g/mol. The van der Waals surface area contributed by atoms with Crippen LogP contribution in [0, 0.1) is 0 Å². The first-order chi connectivity index (χ1) is 7.27. The van der Waals surface area contributed by atoms with Gasteiger partial charge in [-0.1, -0.05) is 18.2 Å². The Bertz CT molecular complexity index is 325. The van der Waals surface area contributed by atoms with Crippen molar-refractivity contribution in [3.8, 4) is 5.75 Å². The molecule has 1 atom stereocenters. The number of nitrogens with zero attached hydrogens (tertiary/aromatic N) is 1. The maximum absolute atomic E-state index is 5.62. The molecule has 1 aromatic carbocycles. The van der Waals surface area contributed by atoms with Gasteiger partial charge in [0.25, 0.3) is 0 Å². The van der Waals surface area contributed by atoms with Gasteiger partial charge < -0.3 is 4.74 Å². The summed E-state index contributed by atoms with van der Waals surface area (Å²) in [6.07, 6.45) is 1.10. The van der Waals surface area contributed by atoms with E-state index >= 15 is 0 Å². The molecule has 15 heavy (non-hydrogen) atoms. The molecule has 1 aliphatic heterocycles. The number of benzene rings is 1. The van der Waals surface area contributed by atoms with Crippen LogP contribution in [0.4, 0.5) is 0 Å². The molecule has 0 spiro atoms. The summed E-state index contributed by atoms with van der Waals surface area (Å²) in [5, 5.41) is 2.00. The van der Waals surface area contributed by atoms with E-state index in [1.54, 1.807) is 0 Å². The number of hydrogen-bond acceptors (Lipinski definition) is 3. The van der Waals surface area contributed by atoms with Crippen LogP contribution in [0.25, 0.3) is 0 Å². The minimum absolute atomic E-state index is 0.567. The minimum Gasteiger partial charge on any atom is -0.493 e. The summed E-state index contributed by atoms with van der Waals surface area (Å²) in [5.74, 6) is 1.62. The van der Waals surface area contributed by atoms with Crippen LogP contribution in [-0.4, -0.2) is 32.3 Å². The highest BCUT2D eigenvalue weighted by Gasteiger charge is 2.20. The van der Waals surface area contributed by atoms with Crippen LogP contribution in [0.1, 0.15) is 17.9 Å². The van der Waals surface area contributed by atoms with Crippen molar-refractivity contribution in [3.05, 3.63) is 29.8 Å². The zero-order chi connectivity index (χ0) is 10.7. The Kier molecular flexibility index (Phi) is 3.23. The Labute approximate surface area is 91.0 Å². The molecule has 82 valence electrons. The molecule has 1 aromatic rings. The summed E-state index contributed by atoms with van der Waals surface area (Å²) in [6, 6.07) is 8.32. The molecule has 0 aromatic heterocycles. The van der Waals surface area contributed by atoms with Crippen LogP contribution in [0.2, 0.25) is 0 Å². The van der Waals surface area contributed by atoms with Crippen LogP contribution in [0.3, 0.4) is 0 Å². The lowest BCUT2D eigenvalue weighted by Gasteiger charge is -2.27. The molecule has 0 amide bonds. The van der Waals surface area contributed by atoms with Crippen molar-refractivity contribution in [1.29, 1.82) is 0 Å². The second-order valence-electron chi connectivity index (χ2n) is 4.13. The maximum atomic E-state index is 5.62. The lowest BCUT2D eigenvalue weighted by molar-refractivity contribution is 0.233. The molecule has 1 N–H and O–H groups in total. The minimum atomic E-state index is 0.567. The monoisotopic (exact) mass is 206 g/mol. The number of fused-ring (bicyclic) bond motifs is 1. The summed E-state index contributed by atoms with van der Waals surface area (Å²) in [4.78, 5) is 0. The van der Waals surface area contributed by atoms with Gasteiger partial charge in [0.05, 0.1) is 6.61 Å². The number of ether oxygens (including phenoxy) is 1. The number of nitrogens with one attached hydrogen (secondary N) is 1. The Hall–Kier alpha value is -1.06. The van der Waals surface area contributed by atoms with E-state index in [-0.39, 0.29) is 0 Å². The molecule has 1 heterocycles. The number of hydrazine groups is 1. The molecule has 1 aliphatic rings. The molecular formula is C12H18N2O. The van der Waals surface area contributed by atoms with E-state index in [2.05, 4.69) is 23.6 Å². The van der Waals surface area contributed by atoms with E-state index in [0.717, 1.165) is 25.3 Å². The highest BCUT2D eigenvalue weighted by Crippen LogP contribution is 2.32. The van der Waals surface area contributed by atoms with Crippen LogP contribution in [0.15, 0.2) is 24.3 Å². The summed E-state index contributed by atoms with van der Waals surface area (Å²) in [5.41, 5.74) is 4.67. The van der Waals surface area contributed by atoms with Crippen LogP contribution in [-0.2, 0) is 0 Å². The topological polar surface area (TPSA) is 24.5 Å². The van der Waals surface area contributed by atoms with Crippen molar-refractivity contribution >= 4 is 0 Å². The third-order valence-corrected chi connectivity index (χ3v) is 2.74. The Morgan fingerprint density at radius 2 is 2.20 bits per heavy atom. The van der Waals surface area contributed by atoms with Crippen molar-refractivity contribution in [2.75, 3.05) is 27.2 Å². The van der Waals surface area contributed by atoms with Gasteiger partial charge in [-0.2, -0.15) is 0 Å². The molecule has 0 fully saturated rings. The quantitative estimate of drug-likeness (QED) is 0.761. The summed E-state index contributed by atoms with van der Waals surface area (Å²) >= 11 is 0. The number of para-hydroxylation sites is 1. The first-order valence-corrected chi connectivity index (χ1v) is 5.40. The standard InChI is InChI=1S/C12H18N2O/c1-14(2)13-9-10-7-8-15-12-6-4-3-5-11(10)12/h3-6,10,13H,7-9H2,1-2H3. The van der Waals surface area contributed by atoms with E-state index in [9.17, 15) is 0 Å². The summed E-state index contributed by atoms with van der Waals surface area (Å²) in [7, 11) is 4.04. The molecule has 1 unspecified atom stereocenters. The second-order valence-corrected chi connectivity index (χ2v) is 4.13. The van der Waals surface area contributed by atoms with Gasteiger partial charge in [0.1, 0.15) is 5.75 Å². The van der Waals surface area contributed by atoms with Crippen molar-refractivity contribution in [1.82, 2.24) is 10.4 Å². The molecule has 0 saturated heterocycles. The molecule has 0 saturated carbocycles. The highest BCUT2D eigenvalue weighted by atomic mass is 16.5. The molecule has 3 nitrogen and oxygen atoms in total. The Morgan fingerprint density at radius 3 is 3.00 bits per heavy atom.